The number of benzene rings is 2. The van der Waals surface area contributed by atoms with E-state index < -0.39 is 11.8 Å². The fourth-order valence-corrected chi connectivity index (χ4v) is 2.59. The third-order valence-electron chi connectivity index (χ3n) is 3.68. The van der Waals surface area contributed by atoms with Crippen LogP contribution in [-0.4, -0.2) is 17.6 Å². The summed E-state index contributed by atoms with van der Waals surface area (Å²) in [6, 6.07) is 12.5. The second kappa shape index (κ2) is 4.96. The summed E-state index contributed by atoms with van der Waals surface area (Å²) >= 11 is 0. The van der Waals surface area contributed by atoms with Crippen molar-refractivity contribution in [3.63, 3.8) is 0 Å². The molecule has 0 saturated heterocycles. The Kier molecular flexibility index (Phi) is 3.14. The summed E-state index contributed by atoms with van der Waals surface area (Å²) in [7, 11) is 0. The minimum absolute atomic E-state index is 0.286. The Labute approximate surface area is 116 Å². The van der Waals surface area contributed by atoms with Gasteiger partial charge in [-0.15, -0.1) is 0 Å². The number of carboxylic acid groups (broad SMARTS) is 1. The van der Waals surface area contributed by atoms with Crippen LogP contribution in [0, 0.1) is 5.82 Å². The van der Waals surface area contributed by atoms with E-state index in [4.69, 9.17) is 5.11 Å². The van der Waals surface area contributed by atoms with Crippen molar-refractivity contribution in [3.8, 4) is 0 Å². The topological polar surface area (TPSA) is 40.5 Å². The first-order valence-corrected chi connectivity index (χ1v) is 6.50. The number of carboxylic acids is 1. The van der Waals surface area contributed by atoms with Gasteiger partial charge in [0.15, 0.2) is 0 Å². The number of hydrogen-bond donors (Lipinski definition) is 1. The van der Waals surface area contributed by atoms with Gasteiger partial charge >= 0.3 is 5.97 Å². The Morgan fingerprint density at radius 1 is 1.15 bits per heavy atom. The quantitative estimate of drug-likeness (QED) is 0.912. The van der Waals surface area contributed by atoms with Gasteiger partial charge in [-0.05, 0) is 35.7 Å². The molecule has 1 heterocycles. The van der Waals surface area contributed by atoms with Crippen molar-refractivity contribution >= 4 is 11.7 Å². The molecule has 1 aliphatic rings. The van der Waals surface area contributed by atoms with Crippen molar-refractivity contribution < 1.29 is 14.3 Å². The molecule has 102 valence electrons. The zero-order chi connectivity index (χ0) is 14.1. The molecule has 0 aliphatic carbocycles. The van der Waals surface area contributed by atoms with E-state index in [-0.39, 0.29) is 5.56 Å². The van der Waals surface area contributed by atoms with Crippen molar-refractivity contribution in [1.82, 2.24) is 0 Å². The lowest BCUT2D eigenvalue weighted by molar-refractivity contribution is 0.0692. The molecule has 0 fully saturated rings. The summed E-state index contributed by atoms with van der Waals surface area (Å²) in [4.78, 5) is 12.9. The number of aromatic carboxylic acids is 1. The van der Waals surface area contributed by atoms with Crippen LogP contribution in [0.25, 0.3) is 0 Å². The summed E-state index contributed by atoms with van der Waals surface area (Å²) in [6.07, 6.45) is 0.915. The third kappa shape index (κ3) is 2.25. The van der Waals surface area contributed by atoms with Crippen molar-refractivity contribution in [1.29, 1.82) is 0 Å². The fourth-order valence-electron chi connectivity index (χ4n) is 2.59. The Hall–Kier alpha value is -2.36. The van der Waals surface area contributed by atoms with Gasteiger partial charge in [-0.1, -0.05) is 24.3 Å². The molecule has 4 heteroatoms. The summed E-state index contributed by atoms with van der Waals surface area (Å²) in [5.41, 5.74) is 3.00. The highest BCUT2D eigenvalue weighted by Gasteiger charge is 2.18. The molecular formula is C16H14FNO2. The van der Waals surface area contributed by atoms with Gasteiger partial charge in [0.1, 0.15) is 5.82 Å². The summed E-state index contributed by atoms with van der Waals surface area (Å²) < 4.78 is 13.7. The van der Waals surface area contributed by atoms with Crippen LogP contribution in [0.2, 0.25) is 0 Å². The Balaban J connectivity index is 1.88. The van der Waals surface area contributed by atoms with Crippen LogP contribution in [0.1, 0.15) is 21.5 Å². The minimum Gasteiger partial charge on any atom is -0.478 e. The summed E-state index contributed by atoms with van der Waals surface area (Å²) in [5.74, 6) is -1.92. The van der Waals surface area contributed by atoms with E-state index >= 15 is 0 Å². The lowest BCUT2D eigenvalue weighted by atomic mass is 9.99. The predicted octanol–water partition coefficient (Wildman–Crippen LogP) is 3.09. The molecule has 2 aromatic rings. The largest absolute Gasteiger partial charge is 0.478 e. The average molecular weight is 271 g/mol. The van der Waals surface area contributed by atoms with E-state index in [1.807, 2.05) is 12.1 Å². The van der Waals surface area contributed by atoms with Gasteiger partial charge < -0.3 is 10.0 Å². The molecule has 2 aromatic carbocycles. The molecule has 1 N–H and O–H groups in total. The van der Waals surface area contributed by atoms with Crippen molar-refractivity contribution in [2.24, 2.45) is 0 Å². The average Bonchev–Trinajstić information content (AvgIpc) is 2.46. The number of anilines is 1. The highest BCUT2D eigenvalue weighted by Crippen LogP contribution is 2.25. The van der Waals surface area contributed by atoms with E-state index in [9.17, 15) is 9.18 Å². The Bertz CT molecular complexity index is 669. The second-order valence-electron chi connectivity index (χ2n) is 4.91. The van der Waals surface area contributed by atoms with Gasteiger partial charge in [0, 0.05) is 18.8 Å². The second-order valence-corrected chi connectivity index (χ2v) is 4.91. The fraction of sp³-hybridized carbons (Fsp3) is 0.188. The molecular weight excluding hydrogens is 257 g/mol. The van der Waals surface area contributed by atoms with Gasteiger partial charge in [-0.25, -0.2) is 9.18 Å². The minimum atomic E-state index is -1.24. The van der Waals surface area contributed by atoms with E-state index in [0.717, 1.165) is 25.2 Å². The first-order chi connectivity index (χ1) is 9.65. The van der Waals surface area contributed by atoms with Crippen molar-refractivity contribution in [3.05, 3.63) is 65.0 Å². The maximum absolute atomic E-state index is 13.7. The normalized spacial score (nSPS) is 13.9. The van der Waals surface area contributed by atoms with Crippen molar-refractivity contribution in [2.75, 3.05) is 11.4 Å². The van der Waals surface area contributed by atoms with Gasteiger partial charge in [0.2, 0.25) is 0 Å². The molecule has 0 spiro atoms. The molecule has 0 bridgehead atoms. The van der Waals surface area contributed by atoms with Crippen LogP contribution in [0.4, 0.5) is 10.1 Å². The lowest BCUT2D eigenvalue weighted by Crippen LogP contribution is -2.30. The molecule has 0 atom stereocenters. The van der Waals surface area contributed by atoms with Crippen LogP contribution < -0.4 is 4.90 Å². The lowest BCUT2D eigenvalue weighted by Gasteiger charge is -2.30. The predicted molar refractivity (Wildman–Crippen MR) is 74.6 cm³/mol. The van der Waals surface area contributed by atoms with Crippen LogP contribution in [0.3, 0.4) is 0 Å². The maximum atomic E-state index is 13.7. The van der Waals surface area contributed by atoms with Gasteiger partial charge in [-0.2, -0.15) is 0 Å². The summed E-state index contributed by atoms with van der Waals surface area (Å²) in [6.45, 7) is 1.53. The molecule has 0 amide bonds. The number of hydrogen-bond acceptors (Lipinski definition) is 2. The van der Waals surface area contributed by atoms with Gasteiger partial charge in [0.25, 0.3) is 0 Å². The smallest absolute Gasteiger partial charge is 0.338 e. The Morgan fingerprint density at radius 3 is 2.60 bits per heavy atom. The molecule has 0 radical (unpaired) electrons. The number of fused-ring (bicyclic) bond motifs is 1. The highest BCUT2D eigenvalue weighted by molar-refractivity contribution is 5.88. The Morgan fingerprint density at radius 2 is 1.90 bits per heavy atom. The molecule has 3 rings (SSSR count). The van der Waals surface area contributed by atoms with Gasteiger partial charge in [0.05, 0.1) is 5.56 Å². The van der Waals surface area contributed by atoms with Crippen LogP contribution in [-0.2, 0) is 13.0 Å². The number of halogens is 1. The van der Waals surface area contributed by atoms with E-state index in [2.05, 4.69) is 17.0 Å². The van der Waals surface area contributed by atoms with E-state index in [1.54, 1.807) is 6.07 Å². The SMILES string of the molecule is O=C(O)c1ccc(N2CCc3ccccc3C2)cc1F. The molecule has 20 heavy (non-hydrogen) atoms. The van der Waals surface area contributed by atoms with Crippen LogP contribution in [0.5, 0.6) is 0 Å². The number of carbonyl (C=O) groups is 1. The maximum Gasteiger partial charge on any atom is 0.338 e. The van der Waals surface area contributed by atoms with Crippen molar-refractivity contribution in [2.45, 2.75) is 13.0 Å². The molecule has 1 aliphatic heterocycles. The summed E-state index contributed by atoms with van der Waals surface area (Å²) in [5, 5.41) is 8.84. The first-order valence-electron chi connectivity index (χ1n) is 6.50. The molecule has 0 unspecified atom stereocenters. The van der Waals surface area contributed by atoms with E-state index in [0.29, 0.717) is 0 Å². The molecule has 0 aromatic heterocycles. The first kappa shape index (κ1) is 12.7. The zero-order valence-corrected chi connectivity index (χ0v) is 10.8. The molecule has 0 saturated carbocycles. The van der Waals surface area contributed by atoms with Gasteiger partial charge in [-0.3, -0.25) is 0 Å². The van der Waals surface area contributed by atoms with E-state index in [1.165, 1.54) is 23.3 Å². The zero-order valence-electron chi connectivity index (χ0n) is 10.8. The molecule has 3 nitrogen and oxygen atoms in total. The number of rotatable bonds is 2. The third-order valence-corrected chi connectivity index (χ3v) is 3.68. The van der Waals surface area contributed by atoms with Crippen LogP contribution in [0.15, 0.2) is 42.5 Å². The monoisotopic (exact) mass is 271 g/mol. The highest BCUT2D eigenvalue weighted by atomic mass is 19.1. The van der Waals surface area contributed by atoms with Crippen LogP contribution >= 0.6 is 0 Å². The number of nitrogens with zero attached hydrogens (tertiary/aromatic N) is 1. The standard InChI is InChI=1S/C16H14FNO2/c17-15-9-13(5-6-14(15)16(19)20)18-8-7-11-3-1-2-4-12(11)10-18/h1-6,9H,7-8,10H2,(H,19,20).